The zero-order valence-electron chi connectivity index (χ0n) is 12.4. The highest BCUT2D eigenvalue weighted by atomic mass is 16.5. The molecule has 2 N–H and O–H groups in total. The molecule has 0 spiro atoms. The summed E-state index contributed by atoms with van der Waals surface area (Å²) in [4.78, 5) is 0. The molecule has 0 radical (unpaired) electrons. The van der Waals surface area contributed by atoms with E-state index in [0.717, 1.165) is 5.56 Å². The van der Waals surface area contributed by atoms with Gasteiger partial charge in [0.1, 0.15) is 24.7 Å². The fourth-order valence-corrected chi connectivity index (χ4v) is 1.65. The summed E-state index contributed by atoms with van der Waals surface area (Å²) >= 11 is 0. The fraction of sp³-hybridized carbons (Fsp3) is 0.600. The molecule has 120 valence electrons. The highest BCUT2D eigenvalue weighted by Crippen LogP contribution is 2.22. The molecular weight excluding hydrogens is 276 g/mol. The fourth-order valence-electron chi connectivity index (χ4n) is 1.65. The molecule has 0 amide bonds. The molecule has 0 saturated carbocycles. The molecule has 1 aromatic carbocycles. The molecule has 0 aromatic heterocycles. The van der Waals surface area contributed by atoms with Gasteiger partial charge in [-0.1, -0.05) is 0 Å². The van der Waals surface area contributed by atoms with E-state index in [4.69, 9.17) is 29.2 Å². The number of aliphatic hydroxyl groups excluding tert-OH is 2. The van der Waals surface area contributed by atoms with Crippen LogP contribution >= 0.6 is 0 Å². The lowest BCUT2D eigenvalue weighted by atomic mass is 10.2. The van der Waals surface area contributed by atoms with Crippen LogP contribution in [-0.2, 0) is 9.47 Å². The average Bonchev–Trinajstić information content (AvgIpc) is 2.46. The van der Waals surface area contributed by atoms with Crippen LogP contribution in [0.15, 0.2) is 18.2 Å². The van der Waals surface area contributed by atoms with Crippen LogP contribution in [0.1, 0.15) is 5.56 Å². The van der Waals surface area contributed by atoms with Gasteiger partial charge in [0.25, 0.3) is 0 Å². The predicted octanol–water partition coefficient (Wildman–Crippen LogP) is 0.770. The Balaban J connectivity index is 2.32. The number of benzene rings is 1. The summed E-state index contributed by atoms with van der Waals surface area (Å²) in [6, 6.07) is 5.65. The summed E-state index contributed by atoms with van der Waals surface area (Å²) in [5.41, 5.74) is 1.04. The van der Waals surface area contributed by atoms with Gasteiger partial charge in [-0.25, -0.2) is 0 Å². The zero-order valence-corrected chi connectivity index (χ0v) is 12.4. The summed E-state index contributed by atoms with van der Waals surface area (Å²) in [5.74, 6) is 1.43. The summed E-state index contributed by atoms with van der Waals surface area (Å²) in [7, 11) is 0. The van der Waals surface area contributed by atoms with Gasteiger partial charge in [-0.2, -0.15) is 0 Å². The van der Waals surface area contributed by atoms with E-state index in [0.29, 0.717) is 51.1 Å². The number of aliphatic hydroxyl groups is 2. The molecule has 6 heteroatoms. The van der Waals surface area contributed by atoms with Crippen LogP contribution in [0.5, 0.6) is 11.5 Å². The standard InChI is InChI=1S/C15H24O6/c1-13-10-14(20-8-6-18-4-2-16)12-15(11-13)21-9-7-19-5-3-17/h10-12,16-17H,2-9H2,1H3. The minimum atomic E-state index is 0.0147. The highest BCUT2D eigenvalue weighted by molar-refractivity contribution is 5.37. The minimum absolute atomic E-state index is 0.0147. The molecule has 1 rings (SSSR count). The molecule has 21 heavy (non-hydrogen) atoms. The van der Waals surface area contributed by atoms with Crippen molar-refractivity contribution in [2.75, 3.05) is 52.9 Å². The quantitative estimate of drug-likeness (QED) is 0.555. The Hall–Kier alpha value is -1.34. The van der Waals surface area contributed by atoms with Gasteiger partial charge in [0.15, 0.2) is 0 Å². The van der Waals surface area contributed by atoms with E-state index in [-0.39, 0.29) is 13.2 Å². The molecular formula is C15H24O6. The van der Waals surface area contributed by atoms with Crippen molar-refractivity contribution in [2.24, 2.45) is 0 Å². The van der Waals surface area contributed by atoms with Crippen molar-refractivity contribution in [3.8, 4) is 11.5 Å². The first-order valence-corrected chi connectivity index (χ1v) is 7.00. The SMILES string of the molecule is Cc1cc(OCCOCCO)cc(OCCOCCO)c1. The van der Waals surface area contributed by atoms with E-state index in [1.807, 2.05) is 25.1 Å². The normalized spacial score (nSPS) is 10.6. The monoisotopic (exact) mass is 300 g/mol. The van der Waals surface area contributed by atoms with Crippen molar-refractivity contribution in [3.05, 3.63) is 23.8 Å². The second-order valence-electron chi connectivity index (χ2n) is 4.35. The van der Waals surface area contributed by atoms with E-state index in [1.165, 1.54) is 0 Å². The summed E-state index contributed by atoms with van der Waals surface area (Å²) in [5, 5.41) is 17.2. The van der Waals surface area contributed by atoms with Gasteiger partial charge >= 0.3 is 0 Å². The van der Waals surface area contributed by atoms with Gasteiger partial charge in [0.2, 0.25) is 0 Å². The van der Waals surface area contributed by atoms with E-state index < -0.39 is 0 Å². The molecule has 0 saturated heterocycles. The third kappa shape index (κ3) is 8.52. The maximum absolute atomic E-state index is 8.59. The molecule has 0 aliphatic carbocycles. The Bertz CT molecular complexity index is 350. The number of rotatable bonds is 12. The minimum Gasteiger partial charge on any atom is -0.491 e. The second-order valence-corrected chi connectivity index (χ2v) is 4.35. The van der Waals surface area contributed by atoms with Gasteiger partial charge in [-0.3, -0.25) is 0 Å². The third-order valence-corrected chi connectivity index (χ3v) is 2.49. The molecule has 0 bridgehead atoms. The summed E-state index contributed by atoms with van der Waals surface area (Å²) < 4.78 is 21.4. The number of aryl methyl sites for hydroxylation is 1. The maximum Gasteiger partial charge on any atom is 0.123 e. The second kappa shape index (κ2) is 11.3. The molecule has 0 aliphatic rings. The third-order valence-electron chi connectivity index (χ3n) is 2.49. The summed E-state index contributed by atoms with van der Waals surface area (Å²) in [6.07, 6.45) is 0. The predicted molar refractivity (Wildman–Crippen MR) is 78.0 cm³/mol. The highest BCUT2D eigenvalue weighted by Gasteiger charge is 2.01. The van der Waals surface area contributed by atoms with Crippen LogP contribution in [0.2, 0.25) is 0 Å². The largest absolute Gasteiger partial charge is 0.491 e. The Morgan fingerprint density at radius 1 is 0.714 bits per heavy atom. The Morgan fingerprint density at radius 3 is 1.62 bits per heavy atom. The van der Waals surface area contributed by atoms with E-state index in [9.17, 15) is 0 Å². The first-order valence-electron chi connectivity index (χ1n) is 7.00. The van der Waals surface area contributed by atoms with E-state index in [1.54, 1.807) is 0 Å². The van der Waals surface area contributed by atoms with Crippen LogP contribution in [0.25, 0.3) is 0 Å². The van der Waals surface area contributed by atoms with Crippen molar-refractivity contribution in [3.63, 3.8) is 0 Å². The van der Waals surface area contributed by atoms with Crippen molar-refractivity contribution < 1.29 is 29.2 Å². The van der Waals surface area contributed by atoms with Gasteiger partial charge < -0.3 is 29.2 Å². The number of hydrogen-bond donors (Lipinski definition) is 2. The molecule has 1 aromatic rings. The van der Waals surface area contributed by atoms with Crippen LogP contribution in [-0.4, -0.2) is 63.1 Å². The van der Waals surface area contributed by atoms with Crippen LogP contribution in [0, 0.1) is 6.92 Å². The van der Waals surface area contributed by atoms with Crippen LogP contribution in [0.3, 0.4) is 0 Å². The van der Waals surface area contributed by atoms with E-state index in [2.05, 4.69) is 0 Å². The van der Waals surface area contributed by atoms with Gasteiger partial charge in [-0.15, -0.1) is 0 Å². The molecule has 0 unspecified atom stereocenters. The van der Waals surface area contributed by atoms with Crippen molar-refractivity contribution in [1.29, 1.82) is 0 Å². The Kier molecular flexibility index (Phi) is 9.56. The van der Waals surface area contributed by atoms with Gasteiger partial charge in [0.05, 0.1) is 39.6 Å². The molecule has 0 heterocycles. The Labute approximate surface area is 125 Å². The lowest BCUT2D eigenvalue weighted by Gasteiger charge is -2.11. The van der Waals surface area contributed by atoms with Crippen molar-refractivity contribution in [2.45, 2.75) is 6.92 Å². The number of ether oxygens (including phenoxy) is 4. The van der Waals surface area contributed by atoms with Crippen LogP contribution in [0.4, 0.5) is 0 Å². The first kappa shape index (κ1) is 17.7. The zero-order chi connectivity index (χ0) is 15.3. The molecule has 0 atom stereocenters. The molecule has 0 fully saturated rings. The smallest absolute Gasteiger partial charge is 0.123 e. The van der Waals surface area contributed by atoms with Crippen molar-refractivity contribution in [1.82, 2.24) is 0 Å². The molecule has 6 nitrogen and oxygen atoms in total. The molecule has 0 aliphatic heterocycles. The van der Waals surface area contributed by atoms with Gasteiger partial charge in [-0.05, 0) is 24.6 Å². The number of hydrogen-bond acceptors (Lipinski definition) is 6. The average molecular weight is 300 g/mol. The van der Waals surface area contributed by atoms with Crippen LogP contribution < -0.4 is 9.47 Å². The Morgan fingerprint density at radius 2 is 1.19 bits per heavy atom. The van der Waals surface area contributed by atoms with Crippen molar-refractivity contribution >= 4 is 0 Å². The topological polar surface area (TPSA) is 77.4 Å². The maximum atomic E-state index is 8.59. The lowest BCUT2D eigenvalue weighted by Crippen LogP contribution is -2.10. The summed E-state index contributed by atoms with van der Waals surface area (Å²) in [6.45, 7) is 4.33. The van der Waals surface area contributed by atoms with Gasteiger partial charge in [0, 0.05) is 6.07 Å². The van der Waals surface area contributed by atoms with E-state index >= 15 is 0 Å². The first-order chi connectivity index (χ1) is 10.3. The lowest BCUT2D eigenvalue weighted by molar-refractivity contribution is 0.0689.